The Morgan fingerprint density at radius 3 is 2.47 bits per heavy atom. The van der Waals surface area contributed by atoms with Crippen LogP contribution in [-0.4, -0.2) is 47.5 Å². The molecule has 0 radical (unpaired) electrons. The monoisotopic (exact) mass is 215 g/mol. The molecule has 2 aliphatic heterocycles. The number of nitrogens with zero attached hydrogens (tertiary/aromatic N) is 1. The Labute approximate surface area is 86.3 Å². The molecule has 0 aromatic carbocycles. The summed E-state index contributed by atoms with van der Waals surface area (Å²) < 4.78 is 4.38. The summed E-state index contributed by atoms with van der Waals surface area (Å²) in [5, 5.41) is 11.4. The van der Waals surface area contributed by atoms with Crippen molar-refractivity contribution in [2.45, 2.75) is 24.9 Å². The number of hydrogen-bond donors (Lipinski definition) is 3. The zero-order valence-electron chi connectivity index (χ0n) is 8.10. The van der Waals surface area contributed by atoms with Gasteiger partial charge in [0, 0.05) is 25.2 Å². The molecule has 7 heteroatoms. The van der Waals surface area contributed by atoms with Crippen LogP contribution in [0.3, 0.4) is 0 Å². The summed E-state index contributed by atoms with van der Waals surface area (Å²) in [6.45, 7) is 1.46. The predicted octanol–water partition coefficient (Wildman–Crippen LogP) is -0.342. The van der Waals surface area contributed by atoms with E-state index >= 15 is 0 Å². The van der Waals surface area contributed by atoms with Crippen molar-refractivity contribution in [2.24, 2.45) is 0 Å². The number of carbonyl (C=O) groups excluding carboxylic acids is 2. The molecular formula is C8H13N3O4. The standard InChI is InChI=1S/C8H13N3O4/c12-7(10-14)15-8(13)11-5-1-2-6(11)4-9-3-5/h5-6,9,14H,1-4H2,(H,10,12). The van der Waals surface area contributed by atoms with Gasteiger partial charge in [-0.3, -0.25) is 10.1 Å². The minimum absolute atomic E-state index is 0.0998. The molecule has 84 valence electrons. The average Bonchev–Trinajstić information content (AvgIpc) is 2.49. The highest BCUT2D eigenvalue weighted by Crippen LogP contribution is 2.27. The van der Waals surface area contributed by atoms with E-state index in [0.717, 1.165) is 25.9 Å². The first-order valence-electron chi connectivity index (χ1n) is 4.87. The molecule has 7 nitrogen and oxygen atoms in total. The normalized spacial score (nSPS) is 28.7. The number of piperazine rings is 1. The quantitative estimate of drug-likeness (QED) is 0.292. The van der Waals surface area contributed by atoms with Gasteiger partial charge in [-0.15, -0.1) is 0 Å². The summed E-state index contributed by atoms with van der Waals surface area (Å²) >= 11 is 0. The fourth-order valence-corrected chi connectivity index (χ4v) is 2.23. The molecule has 0 saturated carbocycles. The molecule has 3 N–H and O–H groups in total. The second-order valence-corrected chi connectivity index (χ2v) is 3.72. The third-order valence-corrected chi connectivity index (χ3v) is 2.86. The first-order chi connectivity index (χ1) is 7.22. The summed E-state index contributed by atoms with van der Waals surface area (Å²) in [7, 11) is 0. The van der Waals surface area contributed by atoms with Crippen LogP contribution in [0.4, 0.5) is 9.59 Å². The van der Waals surface area contributed by atoms with E-state index in [1.54, 1.807) is 4.90 Å². The first-order valence-corrected chi connectivity index (χ1v) is 4.87. The molecule has 15 heavy (non-hydrogen) atoms. The number of nitrogens with one attached hydrogen (secondary N) is 2. The van der Waals surface area contributed by atoms with E-state index in [0.29, 0.717) is 0 Å². The number of fused-ring (bicyclic) bond motifs is 2. The molecular weight excluding hydrogens is 202 g/mol. The lowest BCUT2D eigenvalue weighted by molar-refractivity contribution is 0.0700. The van der Waals surface area contributed by atoms with E-state index < -0.39 is 12.2 Å². The smallest absolute Gasteiger partial charge is 0.358 e. The van der Waals surface area contributed by atoms with Crippen LogP contribution < -0.4 is 10.8 Å². The van der Waals surface area contributed by atoms with Crippen LogP contribution >= 0.6 is 0 Å². The Morgan fingerprint density at radius 2 is 1.93 bits per heavy atom. The Bertz CT molecular complexity index is 267. The van der Waals surface area contributed by atoms with Crippen molar-refractivity contribution < 1.29 is 19.5 Å². The number of ether oxygens (including phenoxy) is 1. The van der Waals surface area contributed by atoms with Gasteiger partial charge in [0.05, 0.1) is 0 Å². The Hall–Kier alpha value is -1.34. The van der Waals surface area contributed by atoms with E-state index in [2.05, 4.69) is 10.1 Å². The molecule has 2 unspecified atom stereocenters. The van der Waals surface area contributed by atoms with Crippen LogP contribution in [0.25, 0.3) is 0 Å². The van der Waals surface area contributed by atoms with Crippen molar-refractivity contribution in [3.05, 3.63) is 0 Å². The molecule has 2 atom stereocenters. The Kier molecular flexibility index (Phi) is 2.74. The SMILES string of the molecule is O=C(NO)OC(=O)N1C2CCC1CNC2. The highest BCUT2D eigenvalue weighted by Gasteiger charge is 2.41. The molecule has 2 rings (SSSR count). The predicted molar refractivity (Wildman–Crippen MR) is 48.3 cm³/mol. The fraction of sp³-hybridized carbons (Fsp3) is 0.750. The van der Waals surface area contributed by atoms with Crippen molar-refractivity contribution in [3.63, 3.8) is 0 Å². The second kappa shape index (κ2) is 4.03. The van der Waals surface area contributed by atoms with Gasteiger partial charge in [-0.1, -0.05) is 0 Å². The van der Waals surface area contributed by atoms with E-state index in [9.17, 15) is 9.59 Å². The third-order valence-electron chi connectivity index (χ3n) is 2.86. The van der Waals surface area contributed by atoms with Crippen molar-refractivity contribution in [2.75, 3.05) is 13.1 Å². The zero-order valence-corrected chi connectivity index (χ0v) is 8.10. The number of rotatable bonds is 0. The van der Waals surface area contributed by atoms with Gasteiger partial charge in [-0.05, 0) is 12.8 Å². The largest absolute Gasteiger partial charge is 0.440 e. The van der Waals surface area contributed by atoms with Crippen LogP contribution in [-0.2, 0) is 4.74 Å². The molecule has 0 aromatic heterocycles. The van der Waals surface area contributed by atoms with Gasteiger partial charge < -0.3 is 10.1 Å². The number of hydrogen-bond acceptors (Lipinski definition) is 5. The second-order valence-electron chi connectivity index (χ2n) is 3.72. The highest BCUT2D eigenvalue weighted by molar-refractivity contribution is 5.83. The van der Waals surface area contributed by atoms with Crippen LogP contribution in [0.2, 0.25) is 0 Å². The summed E-state index contributed by atoms with van der Waals surface area (Å²) in [6.07, 6.45) is 0.0228. The molecule has 2 amide bonds. The van der Waals surface area contributed by atoms with Crippen molar-refractivity contribution in [1.82, 2.24) is 15.7 Å². The van der Waals surface area contributed by atoms with Gasteiger partial charge in [-0.2, -0.15) is 0 Å². The maximum atomic E-state index is 11.5. The number of carbonyl (C=O) groups is 2. The lowest BCUT2D eigenvalue weighted by atomic mass is 10.2. The lowest BCUT2D eigenvalue weighted by Crippen LogP contribution is -2.54. The fourth-order valence-electron chi connectivity index (χ4n) is 2.23. The third kappa shape index (κ3) is 1.88. The topological polar surface area (TPSA) is 90.9 Å². The molecule has 2 saturated heterocycles. The van der Waals surface area contributed by atoms with E-state index in [4.69, 9.17) is 5.21 Å². The highest BCUT2D eigenvalue weighted by atomic mass is 16.6. The summed E-state index contributed by atoms with van der Waals surface area (Å²) in [5.41, 5.74) is 1.26. The number of hydroxylamine groups is 1. The summed E-state index contributed by atoms with van der Waals surface area (Å²) in [4.78, 5) is 23.8. The minimum Gasteiger partial charge on any atom is -0.358 e. The van der Waals surface area contributed by atoms with Crippen molar-refractivity contribution in [3.8, 4) is 0 Å². The Morgan fingerprint density at radius 1 is 1.33 bits per heavy atom. The summed E-state index contributed by atoms with van der Waals surface area (Å²) in [5.74, 6) is 0. The van der Waals surface area contributed by atoms with Crippen LogP contribution in [0.5, 0.6) is 0 Å². The minimum atomic E-state index is -1.14. The van der Waals surface area contributed by atoms with E-state index in [1.165, 1.54) is 5.48 Å². The Balaban J connectivity index is 1.98. The van der Waals surface area contributed by atoms with Crippen molar-refractivity contribution in [1.29, 1.82) is 0 Å². The van der Waals surface area contributed by atoms with Gasteiger partial charge in [0.2, 0.25) is 0 Å². The van der Waals surface area contributed by atoms with E-state index in [-0.39, 0.29) is 12.1 Å². The zero-order chi connectivity index (χ0) is 10.8. The summed E-state index contributed by atoms with van der Waals surface area (Å²) in [6, 6.07) is 0.200. The van der Waals surface area contributed by atoms with Gasteiger partial charge in [0.1, 0.15) is 0 Å². The molecule has 0 aromatic rings. The molecule has 2 heterocycles. The molecule has 0 spiro atoms. The van der Waals surface area contributed by atoms with Gasteiger partial charge in [0.25, 0.3) is 0 Å². The maximum Gasteiger partial charge on any atom is 0.440 e. The molecule has 2 bridgehead atoms. The first kappa shape index (κ1) is 10.2. The van der Waals surface area contributed by atoms with Crippen LogP contribution in [0.15, 0.2) is 0 Å². The maximum absolute atomic E-state index is 11.5. The molecule has 2 aliphatic rings. The van der Waals surface area contributed by atoms with Crippen LogP contribution in [0.1, 0.15) is 12.8 Å². The molecule has 0 aliphatic carbocycles. The number of amides is 2. The van der Waals surface area contributed by atoms with Gasteiger partial charge >= 0.3 is 12.2 Å². The van der Waals surface area contributed by atoms with Gasteiger partial charge in [0.15, 0.2) is 0 Å². The average molecular weight is 215 g/mol. The van der Waals surface area contributed by atoms with Crippen LogP contribution in [0, 0.1) is 0 Å². The molecule has 2 fully saturated rings. The lowest BCUT2D eigenvalue weighted by Gasteiger charge is -2.33. The van der Waals surface area contributed by atoms with E-state index in [1.807, 2.05) is 0 Å². The van der Waals surface area contributed by atoms with Crippen molar-refractivity contribution >= 4 is 12.2 Å². The van der Waals surface area contributed by atoms with Gasteiger partial charge in [-0.25, -0.2) is 15.1 Å².